The maximum Gasteiger partial charge on any atom is 0.332 e. The molecule has 0 aliphatic heterocycles. The first kappa shape index (κ1) is 14.9. The van der Waals surface area contributed by atoms with E-state index in [0.29, 0.717) is 0 Å². The number of carboxylic acid groups (broad SMARTS) is 1. The van der Waals surface area contributed by atoms with E-state index in [9.17, 15) is 13.2 Å². The molecule has 0 bridgehead atoms. The number of carbonyl (C=O) groups is 1. The Morgan fingerprint density at radius 3 is 2.56 bits per heavy atom. The molecule has 18 heavy (non-hydrogen) atoms. The molecule has 0 aromatic heterocycles. The van der Waals surface area contributed by atoms with Crippen molar-refractivity contribution in [3.8, 4) is 0 Å². The van der Waals surface area contributed by atoms with Crippen molar-refractivity contribution >= 4 is 27.6 Å². The summed E-state index contributed by atoms with van der Waals surface area (Å²) in [5.41, 5.74) is 0. The quantitative estimate of drug-likeness (QED) is 0.707. The van der Waals surface area contributed by atoms with Crippen LogP contribution in [0, 0.1) is 0 Å². The van der Waals surface area contributed by atoms with E-state index >= 15 is 0 Å². The standard InChI is InChI=1S/C10H12ClNO5S/c11-7-3-1-2-4-9(7)18(16,17)12-6-5-8(13)10(14)15/h1-4,8,12-13H,5-6H2,(H,14,15). The second-order valence-electron chi connectivity index (χ2n) is 3.47. The Morgan fingerprint density at radius 1 is 1.39 bits per heavy atom. The summed E-state index contributed by atoms with van der Waals surface area (Å²) in [6.45, 7) is -0.193. The molecule has 8 heteroatoms. The van der Waals surface area contributed by atoms with E-state index in [1.807, 2.05) is 0 Å². The van der Waals surface area contributed by atoms with Gasteiger partial charge in [0.1, 0.15) is 4.90 Å². The number of aliphatic carboxylic acids is 1. The zero-order valence-electron chi connectivity index (χ0n) is 9.21. The lowest BCUT2D eigenvalue weighted by molar-refractivity contribution is -0.146. The van der Waals surface area contributed by atoms with Gasteiger partial charge in [-0.1, -0.05) is 23.7 Å². The fraction of sp³-hybridized carbons (Fsp3) is 0.300. The maximum absolute atomic E-state index is 11.8. The summed E-state index contributed by atoms with van der Waals surface area (Å²) in [4.78, 5) is 10.2. The molecule has 0 heterocycles. The molecule has 0 amide bonds. The number of rotatable bonds is 6. The lowest BCUT2D eigenvalue weighted by Gasteiger charge is -2.09. The second-order valence-corrected chi connectivity index (χ2v) is 5.61. The Morgan fingerprint density at radius 2 is 2.00 bits per heavy atom. The van der Waals surface area contributed by atoms with Gasteiger partial charge in [0, 0.05) is 6.54 Å². The summed E-state index contributed by atoms with van der Waals surface area (Å²) in [5, 5.41) is 17.5. The molecule has 100 valence electrons. The lowest BCUT2D eigenvalue weighted by Crippen LogP contribution is -2.30. The van der Waals surface area contributed by atoms with E-state index in [0.717, 1.165) is 0 Å². The minimum atomic E-state index is -3.80. The number of hydrogen-bond acceptors (Lipinski definition) is 4. The first-order chi connectivity index (χ1) is 8.34. The van der Waals surface area contributed by atoms with Crippen LogP contribution in [-0.2, 0) is 14.8 Å². The highest BCUT2D eigenvalue weighted by atomic mass is 35.5. The Hall–Kier alpha value is -1.15. The van der Waals surface area contributed by atoms with E-state index in [1.165, 1.54) is 18.2 Å². The van der Waals surface area contributed by atoms with Crippen molar-refractivity contribution in [2.24, 2.45) is 0 Å². The predicted octanol–water partition coefficient (Wildman–Crippen LogP) is 0.454. The molecule has 6 nitrogen and oxygen atoms in total. The average molecular weight is 294 g/mol. The van der Waals surface area contributed by atoms with Gasteiger partial charge < -0.3 is 10.2 Å². The van der Waals surface area contributed by atoms with Gasteiger partial charge in [0.25, 0.3) is 0 Å². The van der Waals surface area contributed by atoms with Crippen molar-refractivity contribution in [1.82, 2.24) is 4.72 Å². The van der Waals surface area contributed by atoms with Crippen molar-refractivity contribution in [1.29, 1.82) is 0 Å². The van der Waals surface area contributed by atoms with Gasteiger partial charge in [-0.15, -0.1) is 0 Å². The molecule has 1 rings (SSSR count). The van der Waals surface area contributed by atoms with Crippen molar-refractivity contribution in [2.75, 3.05) is 6.54 Å². The molecule has 1 aromatic carbocycles. The van der Waals surface area contributed by atoms with Crippen molar-refractivity contribution in [3.63, 3.8) is 0 Å². The maximum atomic E-state index is 11.8. The lowest BCUT2D eigenvalue weighted by atomic mass is 10.3. The van der Waals surface area contributed by atoms with E-state index in [-0.39, 0.29) is 22.9 Å². The van der Waals surface area contributed by atoms with Gasteiger partial charge in [0.15, 0.2) is 6.10 Å². The number of benzene rings is 1. The molecule has 0 aliphatic carbocycles. The van der Waals surface area contributed by atoms with E-state index in [2.05, 4.69) is 4.72 Å². The highest BCUT2D eigenvalue weighted by Gasteiger charge is 2.18. The molecule has 1 unspecified atom stereocenters. The van der Waals surface area contributed by atoms with Gasteiger partial charge in [0.05, 0.1) is 5.02 Å². The summed E-state index contributed by atoms with van der Waals surface area (Å²) >= 11 is 5.74. The largest absolute Gasteiger partial charge is 0.479 e. The molecule has 0 saturated carbocycles. The Labute approximate surface area is 109 Å². The topological polar surface area (TPSA) is 104 Å². The van der Waals surface area contributed by atoms with Gasteiger partial charge in [0.2, 0.25) is 10.0 Å². The third-order valence-electron chi connectivity index (χ3n) is 2.12. The zero-order chi connectivity index (χ0) is 13.8. The van der Waals surface area contributed by atoms with Crippen molar-refractivity contribution in [2.45, 2.75) is 17.4 Å². The van der Waals surface area contributed by atoms with Crippen LogP contribution in [0.15, 0.2) is 29.2 Å². The molecule has 1 atom stereocenters. The molecule has 0 radical (unpaired) electrons. The van der Waals surface area contributed by atoms with Gasteiger partial charge in [-0.05, 0) is 18.6 Å². The first-order valence-electron chi connectivity index (χ1n) is 4.99. The fourth-order valence-electron chi connectivity index (χ4n) is 1.19. The SMILES string of the molecule is O=C(O)C(O)CCNS(=O)(=O)c1ccccc1Cl. The van der Waals surface area contributed by atoms with Crippen LogP contribution in [0.5, 0.6) is 0 Å². The van der Waals surface area contributed by atoms with Crippen LogP contribution in [0.3, 0.4) is 0 Å². The van der Waals surface area contributed by atoms with E-state index in [4.69, 9.17) is 21.8 Å². The normalized spacial score (nSPS) is 13.2. The third kappa shape index (κ3) is 3.95. The number of sulfonamides is 1. The van der Waals surface area contributed by atoms with Crippen LogP contribution in [0.4, 0.5) is 0 Å². The zero-order valence-corrected chi connectivity index (χ0v) is 10.8. The van der Waals surface area contributed by atoms with Crippen LogP contribution in [0.1, 0.15) is 6.42 Å². The van der Waals surface area contributed by atoms with Gasteiger partial charge in [-0.25, -0.2) is 17.9 Å². The Bertz CT molecular complexity index is 531. The number of aliphatic hydroxyl groups excluding tert-OH is 1. The molecule has 3 N–H and O–H groups in total. The van der Waals surface area contributed by atoms with Gasteiger partial charge >= 0.3 is 5.97 Å². The average Bonchev–Trinajstić information content (AvgIpc) is 2.28. The summed E-state index contributed by atoms with van der Waals surface area (Å²) in [6, 6.07) is 5.88. The van der Waals surface area contributed by atoms with Crippen LogP contribution in [0.2, 0.25) is 5.02 Å². The summed E-state index contributed by atoms with van der Waals surface area (Å²) < 4.78 is 25.7. The van der Waals surface area contributed by atoms with Gasteiger partial charge in [-0.3, -0.25) is 0 Å². The molecule has 0 spiro atoms. The molecular weight excluding hydrogens is 282 g/mol. The second kappa shape index (κ2) is 6.14. The monoisotopic (exact) mass is 293 g/mol. The minimum Gasteiger partial charge on any atom is -0.479 e. The Balaban J connectivity index is 2.67. The first-order valence-corrected chi connectivity index (χ1v) is 6.86. The molecule has 0 aliphatic rings. The molecular formula is C10H12ClNO5S. The number of aliphatic hydroxyl groups is 1. The smallest absolute Gasteiger partial charge is 0.332 e. The van der Waals surface area contributed by atoms with E-state index < -0.39 is 22.1 Å². The molecule has 1 aromatic rings. The van der Waals surface area contributed by atoms with Crippen molar-refractivity contribution < 1.29 is 23.4 Å². The van der Waals surface area contributed by atoms with Crippen molar-refractivity contribution in [3.05, 3.63) is 29.3 Å². The number of carboxylic acids is 1. The van der Waals surface area contributed by atoms with Crippen LogP contribution in [0.25, 0.3) is 0 Å². The highest BCUT2D eigenvalue weighted by Crippen LogP contribution is 2.19. The fourth-order valence-corrected chi connectivity index (χ4v) is 2.76. The Kier molecular flexibility index (Phi) is 5.09. The number of hydrogen-bond donors (Lipinski definition) is 3. The minimum absolute atomic E-state index is 0.0729. The van der Waals surface area contributed by atoms with Crippen LogP contribution < -0.4 is 4.72 Å². The summed E-state index contributed by atoms with van der Waals surface area (Å²) in [7, 11) is -3.80. The van der Waals surface area contributed by atoms with Gasteiger partial charge in [-0.2, -0.15) is 0 Å². The summed E-state index contributed by atoms with van der Waals surface area (Å²) in [5.74, 6) is -1.40. The highest BCUT2D eigenvalue weighted by molar-refractivity contribution is 7.89. The molecule has 0 fully saturated rings. The van der Waals surface area contributed by atoms with Crippen LogP contribution >= 0.6 is 11.6 Å². The number of halogens is 1. The number of nitrogens with one attached hydrogen (secondary N) is 1. The summed E-state index contributed by atoms with van der Waals surface area (Å²) in [6.07, 6.45) is -1.82. The van der Waals surface area contributed by atoms with E-state index in [1.54, 1.807) is 6.07 Å². The third-order valence-corrected chi connectivity index (χ3v) is 4.08. The molecule has 0 saturated heterocycles. The van der Waals surface area contributed by atoms with Crippen LogP contribution in [-0.4, -0.2) is 37.2 Å². The predicted molar refractivity (Wildman–Crippen MR) is 64.9 cm³/mol.